The molecule has 0 heterocycles. The molecule has 0 saturated heterocycles. The Morgan fingerprint density at radius 2 is 0.400 bits per heavy atom. The van der Waals surface area contributed by atoms with Crippen molar-refractivity contribution in [2.75, 3.05) is 0 Å². The molecular formula is I4Pu-4. The van der Waals surface area contributed by atoms with Crippen LogP contribution in [-0.4, -0.2) is 0 Å². The van der Waals surface area contributed by atoms with Crippen LogP contribution in [0.4, 0.5) is 0 Å². The van der Waals surface area contributed by atoms with Gasteiger partial charge in [0, 0.05) is 29.2 Å². The van der Waals surface area contributed by atoms with Crippen molar-refractivity contribution in [3.8, 4) is 0 Å². The Labute approximate surface area is 122 Å². The summed E-state index contributed by atoms with van der Waals surface area (Å²) in [5, 5.41) is 0. The Morgan fingerprint density at radius 1 is 0.400 bits per heavy atom. The van der Waals surface area contributed by atoms with Gasteiger partial charge in [0.1, 0.15) is 0 Å². The van der Waals surface area contributed by atoms with Crippen LogP contribution in [0.5, 0.6) is 0 Å². The summed E-state index contributed by atoms with van der Waals surface area (Å²) in [7, 11) is 0. The maximum atomic E-state index is 0. The molecule has 0 aromatic rings. The average Bonchev–Trinajstić information content (AvgIpc) is 0. The van der Waals surface area contributed by atoms with Crippen molar-refractivity contribution < 1.29 is 125 Å². The van der Waals surface area contributed by atoms with Gasteiger partial charge >= 0.3 is 0 Å². The summed E-state index contributed by atoms with van der Waals surface area (Å²) in [6, 6.07) is 0. The summed E-state index contributed by atoms with van der Waals surface area (Å²) in [6.45, 7) is 0. The summed E-state index contributed by atoms with van der Waals surface area (Å²) in [5.74, 6) is 0. The van der Waals surface area contributed by atoms with E-state index in [4.69, 9.17) is 0 Å². The van der Waals surface area contributed by atoms with Crippen LogP contribution in [0, 0.1) is 29.2 Å². The van der Waals surface area contributed by atoms with Gasteiger partial charge in [-0.1, -0.05) is 0 Å². The molecule has 5 heteroatoms. The minimum atomic E-state index is 0. The maximum absolute atomic E-state index is 0. The molecule has 0 aliphatic carbocycles. The molecule has 0 radical (unpaired) electrons. The van der Waals surface area contributed by atoms with E-state index in [2.05, 4.69) is 0 Å². The summed E-state index contributed by atoms with van der Waals surface area (Å²) in [5.41, 5.74) is 0. The molecule has 38 valence electrons. The number of halogens is 4. The fourth-order valence-electron chi connectivity index (χ4n) is 0. The number of rotatable bonds is 0. The van der Waals surface area contributed by atoms with Crippen LogP contribution in [0.1, 0.15) is 0 Å². The van der Waals surface area contributed by atoms with E-state index in [0.29, 0.717) is 0 Å². The Bertz CT molecular complexity index is 3.61. The van der Waals surface area contributed by atoms with Gasteiger partial charge in [0.25, 0.3) is 0 Å². The van der Waals surface area contributed by atoms with E-state index in [1.54, 1.807) is 0 Å². The molecule has 0 aromatic carbocycles. The molecule has 0 rings (SSSR count). The first-order chi connectivity index (χ1) is 0. The van der Waals surface area contributed by atoms with Crippen molar-refractivity contribution in [3.05, 3.63) is 0 Å². The van der Waals surface area contributed by atoms with Gasteiger partial charge in [-0.15, -0.1) is 0 Å². The predicted molar refractivity (Wildman–Crippen MR) is 0 cm³/mol. The average molecular weight is 752 g/mol. The van der Waals surface area contributed by atoms with Crippen LogP contribution in [0.25, 0.3) is 0 Å². The SMILES string of the molecule is [I-].[I-].[I-].[I-].[Pu]. The largest absolute Gasteiger partial charge is 1.00 e. The van der Waals surface area contributed by atoms with Gasteiger partial charge in [0.2, 0.25) is 0 Å². The van der Waals surface area contributed by atoms with Crippen molar-refractivity contribution >= 4 is 0 Å². The Balaban J connectivity index is 0. The van der Waals surface area contributed by atoms with E-state index >= 15 is 0 Å². The second kappa shape index (κ2) is 24.7. The van der Waals surface area contributed by atoms with Gasteiger partial charge in [0.15, 0.2) is 0 Å². The van der Waals surface area contributed by atoms with Gasteiger partial charge in [-0.05, 0) is 0 Å². The fraction of sp³-hybridized carbons (Fsp3) is 0. The molecule has 0 spiro atoms. The molecule has 0 amide bonds. The van der Waals surface area contributed by atoms with E-state index in [1.807, 2.05) is 0 Å². The van der Waals surface area contributed by atoms with Crippen molar-refractivity contribution in [3.63, 3.8) is 0 Å². The first-order valence-corrected chi connectivity index (χ1v) is 0. The molecule has 0 nitrogen and oxygen atoms in total. The van der Waals surface area contributed by atoms with E-state index in [0.717, 1.165) is 0 Å². The molecule has 0 atom stereocenters. The third-order valence-electron chi connectivity index (χ3n) is 0. The summed E-state index contributed by atoms with van der Waals surface area (Å²) in [6.07, 6.45) is 0. The van der Waals surface area contributed by atoms with Crippen molar-refractivity contribution in [1.82, 2.24) is 0 Å². The molecular weight excluding hydrogens is 752 g/mol. The van der Waals surface area contributed by atoms with Crippen LogP contribution in [0.3, 0.4) is 0 Å². The minimum absolute atomic E-state index is 0. The zero-order valence-electron chi connectivity index (χ0n) is 1.92. The van der Waals surface area contributed by atoms with Crippen molar-refractivity contribution in [2.45, 2.75) is 0 Å². The number of hydrogen-bond acceptors (Lipinski definition) is 0. The van der Waals surface area contributed by atoms with Crippen LogP contribution >= 0.6 is 0 Å². The predicted octanol–water partition coefficient (Wildman–Crippen LogP) is -12.0. The van der Waals surface area contributed by atoms with E-state index in [-0.39, 0.29) is 125 Å². The Hall–Kier alpha value is 3.91. The van der Waals surface area contributed by atoms with Crippen LogP contribution < -0.4 is 95.9 Å². The minimum Gasteiger partial charge on any atom is -1.00 e. The molecule has 0 unspecified atom stereocenters. The van der Waals surface area contributed by atoms with Gasteiger partial charge in [0.05, 0.1) is 0 Å². The van der Waals surface area contributed by atoms with Gasteiger partial charge in [-0.3, -0.25) is 0 Å². The van der Waals surface area contributed by atoms with E-state index in [1.165, 1.54) is 0 Å². The summed E-state index contributed by atoms with van der Waals surface area (Å²) < 4.78 is 0. The van der Waals surface area contributed by atoms with E-state index < -0.39 is 0 Å². The first-order valence-electron chi connectivity index (χ1n) is 0. The topological polar surface area (TPSA) is 0 Å². The molecule has 0 aliphatic rings. The Morgan fingerprint density at radius 3 is 0.400 bits per heavy atom. The normalized spacial score (nSPS) is 0. The maximum Gasteiger partial charge on any atom is 0 e. The number of hydrogen-bond donors (Lipinski definition) is 0. The van der Waals surface area contributed by atoms with Gasteiger partial charge in [-0.25, -0.2) is 0 Å². The molecule has 0 aliphatic heterocycles. The molecule has 0 fully saturated rings. The van der Waals surface area contributed by atoms with E-state index in [9.17, 15) is 0 Å². The fourth-order valence-corrected chi connectivity index (χ4v) is 0. The molecule has 0 aromatic heterocycles. The van der Waals surface area contributed by atoms with Crippen molar-refractivity contribution in [2.24, 2.45) is 0 Å². The zero-order chi connectivity index (χ0) is 0. The van der Waals surface area contributed by atoms with Gasteiger partial charge in [-0.2, -0.15) is 0 Å². The molecule has 0 saturated carbocycles. The zero-order valence-corrected chi connectivity index (χ0v) is 13.9. The first kappa shape index (κ1) is 36.5. The summed E-state index contributed by atoms with van der Waals surface area (Å²) >= 11 is 0. The summed E-state index contributed by atoms with van der Waals surface area (Å²) in [4.78, 5) is 0. The second-order valence-electron chi connectivity index (χ2n) is 0. The quantitative estimate of drug-likeness (QED) is 0.216. The second-order valence-corrected chi connectivity index (χ2v) is 0. The molecule has 0 bridgehead atoms. The molecule has 0 N–H and O–H groups in total. The monoisotopic (exact) mass is 746 g/mol. The Kier molecular flexibility index (Phi) is 180. The van der Waals surface area contributed by atoms with Gasteiger partial charge < -0.3 is 95.9 Å². The van der Waals surface area contributed by atoms with Crippen LogP contribution in [-0.2, 0) is 0 Å². The van der Waals surface area contributed by atoms with Crippen LogP contribution in [0.2, 0.25) is 0 Å². The standard InChI is InChI=1S/4HI.Pu/h4*1H;/p-4. The third kappa shape index (κ3) is 18.1. The molecule has 5 heavy (non-hydrogen) atoms. The smallest absolute Gasteiger partial charge is 0 e. The third-order valence-corrected chi connectivity index (χ3v) is 0. The van der Waals surface area contributed by atoms with Crippen LogP contribution in [0.15, 0.2) is 0 Å². The van der Waals surface area contributed by atoms with Crippen molar-refractivity contribution in [1.29, 1.82) is 0 Å².